The summed E-state index contributed by atoms with van der Waals surface area (Å²) in [5, 5.41) is 8.60. The fraction of sp³-hybridized carbons (Fsp3) is 0.300. The molecule has 76 valence electrons. The van der Waals surface area contributed by atoms with Crippen molar-refractivity contribution < 1.29 is 9.90 Å². The summed E-state index contributed by atoms with van der Waals surface area (Å²) in [4.78, 5) is 12.1. The number of anilines is 2. The first-order valence-corrected chi connectivity index (χ1v) is 4.30. The highest BCUT2D eigenvalue weighted by Gasteiger charge is 2.06. The van der Waals surface area contributed by atoms with Crippen molar-refractivity contribution in [2.24, 2.45) is 0 Å². The highest BCUT2D eigenvalue weighted by molar-refractivity contribution is 5.74. The van der Waals surface area contributed by atoms with Crippen LogP contribution in [0.25, 0.3) is 0 Å². The van der Waals surface area contributed by atoms with E-state index in [0.717, 1.165) is 16.9 Å². The quantitative estimate of drug-likeness (QED) is 0.707. The predicted octanol–water partition coefficient (Wildman–Crippen LogP) is 1.10. The number of aryl methyl sites for hydroxylation is 1. The van der Waals surface area contributed by atoms with Gasteiger partial charge in [0.1, 0.15) is 6.54 Å². The predicted molar refractivity (Wildman–Crippen MR) is 56.5 cm³/mol. The van der Waals surface area contributed by atoms with Crippen molar-refractivity contribution in [3.05, 3.63) is 23.8 Å². The van der Waals surface area contributed by atoms with Crippen LogP contribution in [0.15, 0.2) is 18.2 Å². The van der Waals surface area contributed by atoms with Gasteiger partial charge in [-0.1, -0.05) is 0 Å². The number of hydrogen-bond donors (Lipinski definition) is 2. The van der Waals surface area contributed by atoms with Crippen LogP contribution in [0.1, 0.15) is 5.56 Å². The van der Waals surface area contributed by atoms with Crippen LogP contribution in [0.5, 0.6) is 0 Å². The normalized spacial score (nSPS) is 9.86. The lowest BCUT2D eigenvalue weighted by molar-refractivity contribution is -0.135. The summed E-state index contributed by atoms with van der Waals surface area (Å²) in [5.74, 6) is -0.845. The molecule has 0 saturated heterocycles. The Morgan fingerprint density at radius 1 is 1.57 bits per heavy atom. The standard InChI is InChI=1S/C10H14N2O2/c1-7-5-8(3-4-9(7)11)12(2)6-10(13)14/h3-5H,6,11H2,1-2H3,(H,13,14). The summed E-state index contributed by atoms with van der Waals surface area (Å²) < 4.78 is 0. The molecule has 0 atom stereocenters. The SMILES string of the molecule is Cc1cc(N(C)CC(=O)O)ccc1N. The average molecular weight is 194 g/mol. The Bertz CT molecular complexity index is 350. The Labute approximate surface area is 82.9 Å². The Hall–Kier alpha value is -1.71. The molecular weight excluding hydrogens is 180 g/mol. The molecule has 0 fully saturated rings. The Balaban J connectivity index is 2.85. The monoisotopic (exact) mass is 194 g/mol. The lowest BCUT2D eigenvalue weighted by Gasteiger charge is -2.17. The van der Waals surface area contributed by atoms with Gasteiger partial charge in [0.15, 0.2) is 0 Å². The zero-order chi connectivity index (χ0) is 10.7. The lowest BCUT2D eigenvalue weighted by Crippen LogP contribution is -2.25. The van der Waals surface area contributed by atoms with Crippen LogP contribution in [-0.4, -0.2) is 24.7 Å². The Morgan fingerprint density at radius 3 is 2.71 bits per heavy atom. The Kier molecular flexibility index (Phi) is 2.96. The van der Waals surface area contributed by atoms with Crippen LogP contribution >= 0.6 is 0 Å². The first-order chi connectivity index (χ1) is 6.50. The molecular formula is C10H14N2O2. The minimum atomic E-state index is -0.845. The lowest BCUT2D eigenvalue weighted by atomic mass is 10.2. The highest BCUT2D eigenvalue weighted by atomic mass is 16.4. The van der Waals surface area contributed by atoms with E-state index in [1.807, 2.05) is 19.1 Å². The van der Waals surface area contributed by atoms with Crippen molar-refractivity contribution >= 4 is 17.3 Å². The number of rotatable bonds is 3. The third-order valence-corrected chi connectivity index (χ3v) is 2.07. The van der Waals surface area contributed by atoms with E-state index in [1.165, 1.54) is 0 Å². The van der Waals surface area contributed by atoms with Crippen molar-refractivity contribution in [2.45, 2.75) is 6.92 Å². The number of carboxylic acids is 1. The summed E-state index contributed by atoms with van der Waals surface area (Å²) >= 11 is 0. The van der Waals surface area contributed by atoms with E-state index in [9.17, 15) is 4.79 Å². The van der Waals surface area contributed by atoms with Crippen molar-refractivity contribution in [3.8, 4) is 0 Å². The number of nitrogens with zero attached hydrogens (tertiary/aromatic N) is 1. The van der Waals surface area contributed by atoms with Crippen LogP contribution in [-0.2, 0) is 4.79 Å². The molecule has 0 bridgehead atoms. The summed E-state index contributed by atoms with van der Waals surface area (Å²) in [6, 6.07) is 5.46. The number of hydrogen-bond acceptors (Lipinski definition) is 3. The second kappa shape index (κ2) is 4.00. The van der Waals surface area contributed by atoms with Crippen molar-refractivity contribution in [1.82, 2.24) is 0 Å². The number of aliphatic carboxylic acids is 1. The van der Waals surface area contributed by atoms with Gasteiger partial charge >= 0.3 is 5.97 Å². The molecule has 0 spiro atoms. The first-order valence-electron chi connectivity index (χ1n) is 4.30. The van der Waals surface area contributed by atoms with E-state index >= 15 is 0 Å². The molecule has 1 aromatic rings. The van der Waals surface area contributed by atoms with E-state index in [4.69, 9.17) is 10.8 Å². The smallest absolute Gasteiger partial charge is 0.323 e. The molecule has 4 heteroatoms. The van der Waals surface area contributed by atoms with Crippen LogP contribution in [0.2, 0.25) is 0 Å². The van der Waals surface area contributed by atoms with Gasteiger partial charge in [0.25, 0.3) is 0 Å². The minimum absolute atomic E-state index is 0.0106. The van der Waals surface area contributed by atoms with Gasteiger partial charge in [-0.15, -0.1) is 0 Å². The van der Waals surface area contributed by atoms with Gasteiger partial charge in [0.05, 0.1) is 0 Å². The maximum absolute atomic E-state index is 10.5. The summed E-state index contributed by atoms with van der Waals surface area (Å²) in [5.41, 5.74) is 8.19. The largest absolute Gasteiger partial charge is 0.480 e. The number of benzene rings is 1. The molecule has 0 heterocycles. The van der Waals surface area contributed by atoms with E-state index in [2.05, 4.69) is 0 Å². The number of nitrogens with two attached hydrogens (primary N) is 1. The number of carboxylic acid groups (broad SMARTS) is 1. The van der Waals surface area contributed by atoms with Gasteiger partial charge in [-0.25, -0.2) is 0 Å². The molecule has 0 saturated carbocycles. The second-order valence-corrected chi connectivity index (χ2v) is 3.29. The van der Waals surface area contributed by atoms with E-state index in [0.29, 0.717) is 0 Å². The van der Waals surface area contributed by atoms with E-state index in [-0.39, 0.29) is 6.54 Å². The topological polar surface area (TPSA) is 66.6 Å². The molecule has 1 aromatic carbocycles. The highest BCUT2D eigenvalue weighted by Crippen LogP contribution is 2.19. The van der Waals surface area contributed by atoms with Gasteiger partial charge in [-0.2, -0.15) is 0 Å². The minimum Gasteiger partial charge on any atom is -0.480 e. The number of carbonyl (C=O) groups is 1. The van der Waals surface area contributed by atoms with Gasteiger partial charge in [0.2, 0.25) is 0 Å². The summed E-state index contributed by atoms with van der Waals surface area (Å²) in [7, 11) is 1.74. The fourth-order valence-electron chi connectivity index (χ4n) is 1.19. The van der Waals surface area contributed by atoms with E-state index < -0.39 is 5.97 Å². The zero-order valence-corrected chi connectivity index (χ0v) is 8.32. The van der Waals surface area contributed by atoms with Crippen LogP contribution in [0.3, 0.4) is 0 Å². The molecule has 14 heavy (non-hydrogen) atoms. The van der Waals surface area contributed by atoms with Gasteiger partial charge in [0, 0.05) is 18.4 Å². The molecule has 0 aromatic heterocycles. The van der Waals surface area contributed by atoms with Crippen molar-refractivity contribution in [3.63, 3.8) is 0 Å². The maximum Gasteiger partial charge on any atom is 0.323 e. The van der Waals surface area contributed by atoms with Gasteiger partial charge in [-0.05, 0) is 30.7 Å². The van der Waals surface area contributed by atoms with Gasteiger partial charge in [-0.3, -0.25) is 4.79 Å². The number of nitrogen functional groups attached to an aromatic ring is 1. The molecule has 1 rings (SSSR count). The fourth-order valence-corrected chi connectivity index (χ4v) is 1.19. The van der Waals surface area contributed by atoms with E-state index in [1.54, 1.807) is 18.0 Å². The maximum atomic E-state index is 10.5. The average Bonchev–Trinajstić information content (AvgIpc) is 2.08. The van der Waals surface area contributed by atoms with Crippen molar-refractivity contribution in [2.75, 3.05) is 24.2 Å². The molecule has 0 unspecified atom stereocenters. The number of likely N-dealkylation sites (N-methyl/N-ethyl adjacent to an activating group) is 1. The molecule has 0 radical (unpaired) electrons. The van der Waals surface area contributed by atoms with Gasteiger partial charge < -0.3 is 15.7 Å². The molecule has 4 nitrogen and oxygen atoms in total. The molecule has 0 aliphatic heterocycles. The third-order valence-electron chi connectivity index (χ3n) is 2.07. The third kappa shape index (κ3) is 2.39. The van der Waals surface area contributed by atoms with Crippen molar-refractivity contribution in [1.29, 1.82) is 0 Å². The first kappa shape index (κ1) is 10.4. The second-order valence-electron chi connectivity index (χ2n) is 3.29. The molecule has 0 amide bonds. The molecule has 3 N–H and O–H groups in total. The Morgan fingerprint density at radius 2 is 2.21 bits per heavy atom. The van der Waals surface area contributed by atoms with Crippen LogP contribution < -0.4 is 10.6 Å². The van der Waals surface area contributed by atoms with Crippen LogP contribution in [0.4, 0.5) is 11.4 Å². The summed E-state index contributed by atoms with van der Waals surface area (Å²) in [6.45, 7) is 1.89. The van der Waals surface area contributed by atoms with Crippen LogP contribution in [0, 0.1) is 6.92 Å². The molecule has 0 aliphatic rings. The molecule has 0 aliphatic carbocycles. The summed E-state index contributed by atoms with van der Waals surface area (Å²) in [6.07, 6.45) is 0. The zero-order valence-electron chi connectivity index (χ0n) is 8.32.